The Morgan fingerprint density at radius 1 is 1.14 bits per heavy atom. The first kappa shape index (κ1) is 22.9. The van der Waals surface area contributed by atoms with Crippen LogP contribution in [0.15, 0.2) is 41.2 Å². The number of hydrogen-bond donors (Lipinski definition) is 3. The van der Waals surface area contributed by atoms with Gasteiger partial charge in [0, 0.05) is 35.6 Å². The number of carbonyl (C=O) groups is 1. The van der Waals surface area contributed by atoms with Gasteiger partial charge in [-0.05, 0) is 56.9 Å². The van der Waals surface area contributed by atoms with Gasteiger partial charge < -0.3 is 25.5 Å². The Kier molecular flexibility index (Phi) is 5.32. The monoisotopic (exact) mass is 484 g/mol. The summed E-state index contributed by atoms with van der Waals surface area (Å²) in [5.74, 6) is -0.111. The van der Waals surface area contributed by atoms with Gasteiger partial charge in [0.15, 0.2) is 5.69 Å². The van der Waals surface area contributed by atoms with E-state index >= 15 is 0 Å². The number of aromatic amines is 2. The van der Waals surface area contributed by atoms with Crippen molar-refractivity contribution in [3.8, 4) is 11.4 Å². The molecule has 8 nitrogen and oxygen atoms in total. The van der Waals surface area contributed by atoms with Crippen molar-refractivity contribution in [2.45, 2.75) is 18.6 Å². The average Bonchev–Trinajstić information content (AvgIpc) is 3.42. The van der Waals surface area contributed by atoms with Crippen LogP contribution in [0, 0.1) is 0 Å². The molecule has 0 unspecified atom stereocenters. The van der Waals surface area contributed by atoms with E-state index in [2.05, 4.69) is 19.9 Å². The average molecular weight is 484 g/mol. The minimum absolute atomic E-state index is 0.0205. The molecule has 0 spiro atoms. The highest BCUT2D eigenvalue weighted by Gasteiger charge is 2.31. The maximum Gasteiger partial charge on any atom is 0.416 e. The number of nitrogen functional groups attached to an aromatic ring is 1. The normalized spacial score (nSPS) is 16.6. The van der Waals surface area contributed by atoms with Crippen LogP contribution in [0.3, 0.4) is 0 Å². The maximum absolute atomic E-state index is 13.1. The van der Waals surface area contributed by atoms with Crippen molar-refractivity contribution < 1.29 is 18.0 Å². The second kappa shape index (κ2) is 8.12. The molecule has 1 atom stereocenters. The lowest BCUT2D eigenvalue weighted by molar-refractivity contribution is -0.137. The summed E-state index contributed by atoms with van der Waals surface area (Å²) in [4.78, 5) is 39.4. The van der Waals surface area contributed by atoms with Crippen LogP contribution in [0.4, 0.5) is 18.9 Å². The van der Waals surface area contributed by atoms with Gasteiger partial charge in [-0.15, -0.1) is 0 Å². The van der Waals surface area contributed by atoms with E-state index in [-0.39, 0.29) is 34.0 Å². The number of nitrogens with zero attached hydrogens (tertiary/aromatic N) is 3. The molecule has 1 amide bonds. The number of amides is 1. The van der Waals surface area contributed by atoms with Crippen molar-refractivity contribution >= 4 is 33.5 Å². The van der Waals surface area contributed by atoms with Crippen molar-refractivity contribution in [1.29, 1.82) is 0 Å². The highest BCUT2D eigenvalue weighted by Crippen LogP contribution is 2.33. The summed E-state index contributed by atoms with van der Waals surface area (Å²) in [6.07, 6.45) is -3.65. The lowest BCUT2D eigenvalue weighted by Crippen LogP contribution is -2.34. The standard InChI is InChI=1S/C24H23F3N6O2/c1-32(2)14-7-8-33(11-14)23(35)12-3-5-16-15(9-12)19(28)20(29-16)21-22(34)31-17-6-4-13(24(25,26)27)10-18(17)30-21/h3-6,9-10,14,29H,7-8,11,28H2,1-2H3,(H,31,34)/t14-/m0/s1. The zero-order valence-corrected chi connectivity index (χ0v) is 19.0. The Hall–Kier alpha value is -3.86. The Morgan fingerprint density at radius 3 is 2.57 bits per heavy atom. The summed E-state index contributed by atoms with van der Waals surface area (Å²) in [5.41, 5.74) is 6.29. The lowest BCUT2D eigenvalue weighted by Gasteiger charge is -2.20. The van der Waals surface area contributed by atoms with Crippen molar-refractivity contribution in [3.05, 3.63) is 57.9 Å². The van der Waals surface area contributed by atoms with Crippen molar-refractivity contribution in [2.24, 2.45) is 0 Å². The van der Waals surface area contributed by atoms with Gasteiger partial charge in [-0.25, -0.2) is 4.98 Å². The van der Waals surface area contributed by atoms with Gasteiger partial charge in [0.1, 0.15) is 0 Å². The summed E-state index contributed by atoms with van der Waals surface area (Å²) in [6.45, 7) is 1.29. The number of likely N-dealkylation sites (N-methyl/N-ethyl adjacent to an activating group) is 1. The molecule has 0 bridgehead atoms. The molecule has 182 valence electrons. The number of H-pyrrole nitrogens is 2. The second-order valence-corrected chi connectivity index (χ2v) is 8.98. The molecule has 2 aromatic heterocycles. The Morgan fingerprint density at radius 2 is 1.89 bits per heavy atom. The number of hydrogen-bond acceptors (Lipinski definition) is 5. The van der Waals surface area contributed by atoms with Crippen LogP contribution in [-0.2, 0) is 6.18 Å². The zero-order valence-electron chi connectivity index (χ0n) is 19.0. The predicted molar refractivity (Wildman–Crippen MR) is 127 cm³/mol. The fourth-order valence-electron chi connectivity index (χ4n) is 4.49. The molecule has 2 aromatic carbocycles. The van der Waals surface area contributed by atoms with Crippen molar-refractivity contribution in [2.75, 3.05) is 32.9 Å². The molecule has 0 saturated carbocycles. The molecule has 1 aliphatic rings. The second-order valence-electron chi connectivity index (χ2n) is 8.98. The van der Waals surface area contributed by atoms with Gasteiger partial charge in [-0.1, -0.05) is 0 Å². The van der Waals surface area contributed by atoms with E-state index in [1.165, 1.54) is 6.07 Å². The topological polar surface area (TPSA) is 111 Å². The molecule has 4 aromatic rings. The maximum atomic E-state index is 13.1. The molecule has 4 N–H and O–H groups in total. The molecule has 1 fully saturated rings. The summed E-state index contributed by atoms with van der Waals surface area (Å²) in [5, 5.41) is 0.527. The molecule has 0 radical (unpaired) electrons. The number of alkyl halides is 3. The number of anilines is 1. The predicted octanol–water partition coefficient (Wildman–Crippen LogP) is 3.45. The lowest BCUT2D eigenvalue weighted by atomic mass is 10.1. The van der Waals surface area contributed by atoms with Gasteiger partial charge in [0.05, 0.1) is 28.0 Å². The number of benzene rings is 2. The summed E-state index contributed by atoms with van der Waals surface area (Å²) < 4.78 is 39.4. The van der Waals surface area contributed by atoms with E-state index in [9.17, 15) is 22.8 Å². The molecular weight excluding hydrogens is 461 g/mol. The van der Waals surface area contributed by atoms with E-state index in [1.807, 2.05) is 14.1 Å². The number of nitrogens with one attached hydrogen (secondary N) is 2. The third-order valence-corrected chi connectivity index (χ3v) is 6.52. The number of fused-ring (bicyclic) bond motifs is 2. The fraction of sp³-hybridized carbons (Fsp3) is 0.292. The van der Waals surface area contributed by atoms with Crippen LogP contribution < -0.4 is 11.3 Å². The van der Waals surface area contributed by atoms with E-state index in [4.69, 9.17) is 5.73 Å². The quantitative estimate of drug-likeness (QED) is 0.413. The summed E-state index contributed by atoms with van der Waals surface area (Å²) in [6, 6.07) is 8.27. The van der Waals surface area contributed by atoms with Crippen LogP contribution in [0.1, 0.15) is 22.3 Å². The smallest absolute Gasteiger partial charge is 0.396 e. The molecule has 5 rings (SSSR count). The highest BCUT2D eigenvalue weighted by atomic mass is 19.4. The summed E-state index contributed by atoms with van der Waals surface area (Å²) >= 11 is 0. The van der Waals surface area contributed by atoms with Crippen molar-refractivity contribution in [1.82, 2.24) is 24.8 Å². The van der Waals surface area contributed by atoms with Crippen LogP contribution in [0.2, 0.25) is 0 Å². The first-order chi connectivity index (χ1) is 16.5. The number of nitrogens with two attached hydrogens (primary N) is 1. The SMILES string of the molecule is CN(C)[C@H]1CCN(C(=O)c2ccc3[nH]c(-c4nc5cc(C(F)(F)F)ccc5[nH]c4=O)c(N)c3c2)C1. The van der Waals surface area contributed by atoms with E-state index < -0.39 is 17.3 Å². The third-order valence-electron chi connectivity index (χ3n) is 6.52. The molecule has 0 aliphatic carbocycles. The van der Waals surface area contributed by atoms with Crippen LogP contribution in [-0.4, -0.2) is 63.9 Å². The minimum atomic E-state index is -4.54. The van der Waals surface area contributed by atoms with Gasteiger partial charge in [-0.3, -0.25) is 9.59 Å². The van der Waals surface area contributed by atoms with Gasteiger partial charge in [0.2, 0.25) is 0 Å². The summed E-state index contributed by atoms with van der Waals surface area (Å²) in [7, 11) is 3.97. The number of rotatable bonds is 3. The number of likely N-dealkylation sites (tertiary alicyclic amines) is 1. The number of carbonyl (C=O) groups excluding carboxylic acids is 1. The van der Waals surface area contributed by atoms with Crippen LogP contribution in [0.5, 0.6) is 0 Å². The van der Waals surface area contributed by atoms with E-state index in [0.717, 1.165) is 18.6 Å². The fourth-order valence-corrected chi connectivity index (χ4v) is 4.49. The zero-order chi connectivity index (χ0) is 25.1. The van der Waals surface area contributed by atoms with Crippen molar-refractivity contribution in [3.63, 3.8) is 0 Å². The molecule has 1 saturated heterocycles. The molecule has 1 aliphatic heterocycles. The Balaban J connectivity index is 1.54. The minimum Gasteiger partial charge on any atom is -0.396 e. The molecule has 11 heteroatoms. The van der Waals surface area contributed by atoms with Crippen LogP contribution >= 0.6 is 0 Å². The molecular formula is C24H23F3N6O2. The van der Waals surface area contributed by atoms with E-state index in [1.54, 1.807) is 23.1 Å². The third kappa shape index (κ3) is 4.01. The number of aromatic nitrogens is 3. The van der Waals surface area contributed by atoms with Gasteiger partial charge in [-0.2, -0.15) is 13.2 Å². The first-order valence-corrected chi connectivity index (χ1v) is 11.0. The molecule has 35 heavy (non-hydrogen) atoms. The molecule has 3 heterocycles. The van der Waals surface area contributed by atoms with Crippen LogP contribution in [0.25, 0.3) is 33.3 Å². The van der Waals surface area contributed by atoms with Gasteiger partial charge in [0.25, 0.3) is 11.5 Å². The highest BCUT2D eigenvalue weighted by molar-refractivity contribution is 6.04. The largest absolute Gasteiger partial charge is 0.416 e. The number of halogens is 3. The Bertz CT molecular complexity index is 1520. The first-order valence-electron chi connectivity index (χ1n) is 11.0. The Labute approximate surface area is 197 Å². The van der Waals surface area contributed by atoms with E-state index in [0.29, 0.717) is 35.6 Å². The van der Waals surface area contributed by atoms with Gasteiger partial charge >= 0.3 is 6.18 Å².